The van der Waals surface area contributed by atoms with Crippen LogP contribution in [0.1, 0.15) is 71.3 Å². The maximum Gasteiger partial charge on any atom is 0.361 e. The third-order valence-corrected chi connectivity index (χ3v) is 7.63. The topological polar surface area (TPSA) is 134 Å². The molecule has 5 rings (SSSR count). The van der Waals surface area contributed by atoms with Crippen LogP contribution in [-0.2, 0) is 20.8 Å². The number of carbonyl (C=O) groups excluding carboxylic acids is 3. The zero-order valence-corrected chi connectivity index (χ0v) is 25.2. The Morgan fingerprint density at radius 1 is 0.909 bits per heavy atom. The smallest absolute Gasteiger partial charge is 0.361 e. The molecular weight excluding hydrogens is 566 g/mol. The molecule has 3 aromatic rings. The maximum absolute atomic E-state index is 14.0. The molecule has 12 heteroatoms. The number of benzene rings is 2. The van der Waals surface area contributed by atoms with Gasteiger partial charge < -0.3 is 18.9 Å². The highest BCUT2D eigenvalue weighted by molar-refractivity contribution is 6.08. The van der Waals surface area contributed by atoms with Gasteiger partial charge in [0.1, 0.15) is 18.0 Å². The van der Waals surface area contributed by atoms with Crippen molar-refractivity contribution in [3.8, 4) is 11.5 Å². The Balaban J connectivity index is 1.52. The van der Waals surface area contributed by atoms with E-state index in [9.17, 15) is 14.4 Å². The number of allylic oxidation sites excluding steroid dienone is 1. The van der Waals surface area contributed by atoms with Crippen LogP contribution in [0.2, 0.25) is 0 Å². The molecule has 0 spiro atoms. The maximum atomic E-state index is 14.0. The van der Waals surface area contributed by atoms with Crippen LogP contribution >= 0.6 is 0 Å². The molecule has 44 heavy (non-hydrogen) atoms. The number of carbonyl (C=O) groups is 3. The molecule has 1 aliphatic carbocycles. The van der Waals surface area contributed by atoms with Crippen molar-refractivity contribution < 1.29 is 33.3 Å². The predicted octanol–water partition coefficient (Wildman–Crippen LogP) is 4.47. The summed E-state index contributed by atoms with van der Waals surface area (Å²) in [6.07, 6.45) is 4.69. The molecule has 1 amide bonds. The van der Waals surface area contributed by atoms with E-state index in [1.165, 1.54) is 5.01 Å². The highest BCUT2D eigenvalue weighted by Crippen LogP contribution is 2.44. The summed E-state index contributed by atoms with van der Waals surface area (Å²) >= 11 is 0. The van der Waals surface area contributed by atoms with E-state index < -0.39 is 30.4 Å². The number of aromatic nitrogens is 3. The van der Waals surface area contributed by atoms with Gasteiger partial charge in [0.2, 0.25) is 5.69 Å². The molecular formula is C32H35N5O7. The molecule has 2 atom stereocenters. The van der Waals surface area contributed by atoms with Gasteiger partial charge in [-0.05, 0) is 80.2 Å². The predicted molar refractivity (Wildman–Crippen MR) is 160 cm³/mol. The van der Waals surface area contributed by atoms with Gasteiger partial charge in [0, 0.05) is 5.92 Å². The first-order valence-electron chi connectivity index (χ1n) is 14.6. The molecule has 1 fully saturated rings. The summed E-state index contributed by atoms with van der Waals surface area (Å²) in [5, 5.41) is 14.2. The van der Waals surface area contributed by atoms with Crippen LogP contribution in [-0.4, -0.2) is 71.0 Å². The summed E-state index contributed by atoms with van der Waals surface area (Å²) < 4.78 is 21.9. The fourth-order valence-electron chi connectivity index (χ4n) is 5.61. The standard InChI is InChI=1S/C32H35N5O7/c1-5-43-31(39)28-30(32(40)44-6-2)36(35-33-28)19-26(38)37-29(21-12-16-24(42-4)17-13-21)25-9-7-8-22(27(25)34-37)18-20-10-14-23(41-3)15-11-20/h10-18,25,29H,5-9,19H2,1-4H3/b22-18+/t25-,29-/m0/s1. The minimum absolute atomic E-state index is 0.0547. The SMILES string of the molecule is CCOC(=O)c1nnn(CC(=O)N2N=C3/C(=C/c4ccc(OC)cc4)CCC[C@@H]3[C@@H]2c2ccc(OC)cc2)c1C(=O)OCC. The van der Waals surface area contributed by atoms with E-state index in [4.69, 9.17) is 24.0 Å². The van der Waals surface area contributed by atoms with E-state index in [-0.39, 0.29) is 30.5 Å². The van der Waals surface area contributed by atoms with Crippen LogP contribution in [0, 0.1) is 5.92 Å². The van der Waals surface area contributed by atoms with Gasteiger partial charge >= 0.3 is 11.9 Å². The lowest BCUT2D eigenvalue weighted by atomic mass is 9.77. The summed E-state index contributed by atoms with van der Waals surface area (Å²) in [5.74, 6) is -0.673. The third-order valence-electron chi connectivity index (χ3n) is 7.63. The molecule has 1 aromatic heterocycles. The summed E-state index contributed by atoms with van der Waals surface area (Å²) in [5.41, 5.74) is 3.24. The van der Waals surface area contributed by atoms with Gasteiger partial charge in [0.25, 0.3) is 5.91 Å². The van der Waals surface area contributed by atoms with Gasteiger partial charge in [-0.1, -0.05) is 29.5 Å². The monoisotopic (exact) mass is 601 g/mol. The number of hydrogen-bond donors (Lipinski definition) is 0. The lowest BCUT2D eigenvalue weighted by Gasteiger charge is -2.29. The Morgan fingerprint density at radius 3 is 2.18 bits per heavy atom. The largest absolute Gasteiger partial charge is 0.497 e. The zero-order valence-electron chi connectivity index (χ0n) is 25.2. The fourth-order valence-corrected chi connectivity index (χ4v) is 5.61. The Labute approximate surface area is 255 Å². The van der Waals surface area contributed by atoms with Crippen molar-refractivity contribution in [3.63, 3.8) is 0 Å². The van der Waals surface area contributed by atoms with Gasteiger partial charge in [0.05, 0.1) is 39.2 Å². The highest BCUT2D eigenvalue weighted by Gasteiger charge is 2.44. The summed E-state index contributed by atoms with van der Waals surface area (Å²) in [4.78, 5) is 39.4. The van der Waals surface area contributed by atoms with E-state index in [1.54, 1.807) is 28.1 Å². The first-order valence-corrected chi connectivity index (χ1v) is 14.6. The van der Waals surface area contributed by atoms with Crippen LogP contribution in [0.5, 0.6) is 11.5 Å². The number of methoxy groups -OCH3 is 2. The Bertz CT molecular complexity index is 1580. The van der Waals surface area contributed by atoms with Crippen LogP contribution in [0.4, 0.5) is 0 Å². The fraction of sp³-hybridized carbons (Fsp3) is 0.375. The van der Waals surface area contributed by atoms with Crippen molar-refractivity contribution in [2.75, 3.05) is 27.4 Å². The third kappa shape index (κ3) is 6.19. The molecule has 2 aromatic carbocycles. The van der Waals surface area contributed by atoms with Crippen LogP contribution in [0.25, 0.3) is 6.08 Å². The van der Waals surface area contributed by atoms with Crippen molar-refractivity contribution in [1.29, 1.82) is 0 Å². The van der Waals surface area contributed by atoms with Crippen molar-refractivity contribution in [1.82, 2.24) is 20.0 Å². The normalized spacial score (nSPS) is 18.4. The van der Waals surface area contributed by atoms with Crippen molar-refractivity contribution in [3.05, 3.63) is 76.6 Å². The lowest BCUT2D eigenvalue weighted by Crippen LogP contribution is -2.34. The second-order valence-corrected chi connectivity index (χ2v) is 10.3. The molecule has 0 bridgehead atoms. The average Bonchev–Trinajstić information content (AvgIpc) is 3.64. The van der Waals surface area contributed by atoms with E-state index in [1.807, 2.05) is 48.5 Å². The number of esters is 2. The Morgan fingerprint density at radius 2 is 1.55 bits per heavy atom. The number of hydrazone groups is 1. The molecule has 12 nitrogen and oxygen atoms in total. The molecule has 1 saturated carbocycles. The summed E-state index contributed by atoms with van der Waals surface area (Å²) in [6, 6.07) is 15.0. The van der Waals surface area contributed by atoms with E-state index in [0.717, 1.165) is 52.1 Å². The Hall–Kier alpha value is -5.00. The minimum Gasteiger partial charge on any atom is -0.497 e. The van der Waals surface area contributed by atoms with Crippen molar-refractivity contribution in [2.24, 2.45) is 11.0 Å². The molecule has 0 radical (unpaired) electrons. The van der Waals surface area contributed by atoms with Crippen LogP contribution in [0.15, 0.2) is 59.2 Å². The van der Waals surface area contributed by atoms with Crippen LogP contribution in [0.3, 0.4) is 0 Å². The van der Waals surface area contributed by atoms with Gasteiger partial charge in [-0.15, -0.1) is 5.10 Å². The molecule has 0 N–H and O–H groups in total. The lowest BCUT2D eigenvalue weighted by molar-refractivity contribution is -0.134. The molecule has 230 valence electrons. The van der Waals surface area contributed by atoms with E-state index in [0.29, 0.717) is 5.75 Å². The second-order valence-electron chi connectivity index (χ2n) is 10.3. The average molecular weight is 602 g/mol. The van der Waals surface area contributed by atoms with E-state index in [2.05, 4.69) is 16.4 Å². The second kappa shape index (κ2) is 13.5. The molecule has 0 unspecified atom stereocenters. The minimum atomic E-state index is -0.828. The highest BCUT2D eigenvalue weighted by atomic mass is 16.5. The van der Waals surface area contributed by atoms with Crippen molar-refractivity contribution in [2.45, 2.75) is 45.7 Å². The van der Waals surface area contributed by atoms with Gasteiger partial charge in [-0.25, -0.2) is 19.3 Å². The quantitative estimate of drug-likeness (QED) is 0.309. The summed E-state index contributed by atoms with van der Waals surface area (Å²) in [6.45, 7) is 3.02. The Kier molecular flexibility index (Phi) is 9.37. The van der Waals surface area contributed by atoms with Gasteiger partial charge in [-0.2, -0.15) is 5.10 Å². The van der Waals surface area contributed by atoms with Crippen molar-refractivity contribution >= 4 is 29.6 Å². The number of nitrogens with zero attached hydrogens (tertiary/aromatic N) is 5. The summed E-state index contributed by atoms with van der Waals surface area (Å²) in [7, 11) is 3.23. The molecule has 1 aliphatic heterocycles. The number of rotatable bonds is 10. The van der Waals surface area contributed by atoms with Crippen LogP contribution < -0.4 is 9.47 Å². The molecule has 2 aliphatic rings. The molecule has 2 heterocycles. The zero-order chi connectivity index (χ0) is 31.2. The van der Waals surface area contributed by atoms with Gasteiger partial charge in [0.15, 0.2) is 5.69 Å². The molecule has 0 saturated heterocycles. The number of amides is 1. The van der Waals surface area contributed by atoms with E-state index >= 15 is 0 Å². The number of ether oxygens (including phenoxy) is 4. The first-order chi connectivity index (χ1) is 21.4. The van der Waals surface area contributed by atoms with Gasteiger partial charge in [-0.3, -0.25) is 4.79 Å². The number of hydrogen-bond acceptors (Lipinski definition) is 10. The number of fused-ring (bicyclic) bond motifs is 1. The first kappa shape index (κ1) is 30.5.